The molecule has 1 saturated heterocycles. The lowest BCUT2D eigenvalue weighted by Crippen LogP contribution is -2.54. The minimum Gasteiger partial charge on any atom is -0.390 e. The van der Waals surface area contributed by atoms with Crippen LogP contribution in [-0.4, -0.2) is 75.1 Å². The fraction of sp³-hybridized carbons (Fsp3) is 0.762. The van der Waals surface area contributed by atoms with Gasteiger partial charge in [0.15, 0.2) is 0 Å². The quantitative estimate of drug-likeness (QED) is 0.566. The average Bonchev–Trinajstić information content (AvgIpc) is 3.30. The fourth-order valence-corrected chi connectivity index (χ4v) is 3.95. The number of aliphatic hydroxyl groups is 1. The lowest BCUT2D eigenvalue weighted by molar-refractivity contribution is -0.143. The molecule has 1 aromatic rings. The van der Waals surface area contributed by atoms with Gasteiger partial charge in [-0.1, -0.05) is 20.8 Å². The molecule has 1 aliphatic heterocycles. The summed E-state index contributed by atoms with van der Waals surface area (Å²) < 4.78 is 2.11. The van der Waals surface area contributed by atoms with E-state index in [4.69, 9.17) is 5.73 Å². The number of likely N-dealkylation sites (N-methyl/N-ethyl adjacent to an activating group) is 1. The second-order valence-corrected chi connectivity index (χ2v) is 8.71. The van der Waals surface area contributed by atoms with Crippen molar-refractivity contribution in [2.45, 2.75) is 65.1 Å². The molecule has 8 heteroatoms. The van der Waals surface area contributed by atoms with Crippen molar-refractivity contribution >= 4 is 11.8 Å². The van der Waals surface area contributed by atoms with E-state index >= 15 is 0 Å². The number of aromatic nitrogens is 2. The summed E-state index contributed by atoms with van der Waals surface area (Å²) in [7, 11) is 1.53. The van der Waals surface area contributed by atoms with Crippen LogP contribution < -0.4 is 5.73 Å². The normalized spacial score (nSPS) is 18.0. The van der Waals surface area contributed by atoms with Crippen LogP contribution in [-0.2, 0) is 22.6 Å². The van der Waals surface area contributed by atoms with E-state index in [1.54, 1.807) is 6.20 Å². The van der Waals surface area contributed by atoms with Gasteiger partial charge in [0.1, 0.15) is 11.9 Å². The van der Waals surface area contributed by atoms with Crippen LogP contribution in [0.2, 0.25) is 0 Å². The summed E-state index contributed by atoms with van der Waals surface area (Å²) in [6, 6.07) is -1.05. The molecule has 2 rings (SSSR count). The molecule has 2 amide bonds. The molecule has 1 aromatic heterocycles. The molecule has 0 spiro atoms. The lowest BCUT2D eigenvalue weighted by atomic mass is 9.92. The molecule has 0 aromatic carbocycles. The van der Waals surface area contributed by atoms with Crippen molar-refractivity contribution in [3.63, 3.8) is 0 Å². The summed E-state index contributed by atoms with van der Waals surface area (Å²) in [4.78, 5) is 32.6. The van der Waals surface area contributed by atoms with Gasteiger partial charge in [0.2, 0.25) is 11.8 Å². The van der Waals surface area contributed by atoms with Gasteiger partial charge in [0.25, 0.3) is 0 Å². The highest BCUT2D eigenvalue weighted by atomic mass is 16.3. The van der Waals surface area contributed by atoms with E-state index < -0.39 is 18.1 Å². The Kier molecular flexibility index (Phi) is 8.64. The van der Waals surface area contributed by atoms with Crippen LogP contribution in [0.15, 0.2) is 12.4 Å². The predicted octanol–water partition coefficient (Wildman–Crippen LogP) is 0.877. The van der Waals surface area contributed by atoms with Gasteiger partial charge < -0.3 is 25.2 Å². The number of rotatable bonds is 11. The van der Waals surface area contributed by atoms with E-state index in [1.165, 1.54) is 24.8 Å². The van der Waals surface area contributed by atoms with Gasteiger partial charge in [-0.25, -0.2) is 4.98 Å². The van der Waals surface area contributed by atoms with Gasteiger partial charge in [-0.05, 0) is 37.8 Å². The van der Waals surface area contributed by atoms with Gasteiger partial charge in [-0.15, -0.1) is 0 Å². The molecular weight excluding hydrogens is 370 g/mol. The highest BCUT2D eigenvalue weighted by Crippen LogP contribution is 2.18. The van der Waals surface area contributed by atoms with Crippen LogP contribution in [0.4, 0.5) is 0 Å². The van der Waals surface area contributed by atoms with E-state index in [0.29, 0.717) is 12.8 Å². The number of imidazole rings is 1. The number of amides is 2. The standard InChI is InChI=1S/C21H37N5O3/c1-15(2)13-18(27)24(4)19(21(22)29)20(28)16(3)14-17-23-7-10-26(17)12-11-25-8-5-6-9-25/h7,10,15-16,19-20,28H,5-6,8-9,11-14H2,1-4H3,(H2,22,29)/t16?,19?,20-/m1/s1. The van der Waals surface area contributed by atoms with Gasteiger partial charge in [0, 0.05) is 45.4 Å². The molecule has 29 heavy (non-hydrogen) atoms. The summed E-state index contributed by atoms with van der Waals surface area (Å²) in [5, 5.41) is 10.9. The van der Waals surface area contributed by atoms with Gasteiger partial charge in [0.05, 0.1) is 6.10 Å². The number of aliphatic hydroxyl groups excluding tert-OH is 1. The number of nitrogens with zero attached hydrogens (tertiary/aromatic N) is 4. The molecule has 164 valence electrons. The molecule has 2 unspecified atom stereocenters. The Morgan fingerprint density at radius 2 is 1.90 bits per heavy atom. The first kappa shape index (κ1) is 23.3. The Labute approximate surface area is 174 Å². The smallest absolute Gasteiger partial charge is 0.242 e. The summed E-state index contributed by atoms with van der Waals surface area (Å²) in [6.07, 6.45) is 6.00. The number of nitrogens with two attached hydrogens (primary N) is 1. The van der Waals surface area contributed by atoms with E-state index in [-0.39, 0.29) is 17.7 Å². The van der Waals surface area contributed by atoms with Gasteiger partial charge in [-0.2, -0.15) is 0 Å². The largest absolute Gasteiger partial charge is 0.390 e. The molecule has 0 radical (unpaired) electrons. The first-order chi connectivity index (χ1) is 13.7. The number of hydrogen-bond donors (Lipinski definition) is 2. The summed E-state index contributed by atoms with van der Waals surface area (Å²) in [6.45, 7) is 9.87. The summed E-state index contributed by atoms with van der Waals surface area (Å²) in [5.74, 6) is -0.135. The molecule has 0 aliphatic carbocycles. The monoisotopic (exact) mass is 407 g/mol. The van der Waals surface area contributed by atoms with Crippen molar-refractivity contribution in [1.82, 2.24) is 19.4 Å². The number of carbonyl (C=O) groups excluding carboxylic acids is 2. The third-order valence-corrected chi connectivity index (χ3v) is 5.75. The highest BCUT2D eigenvalue weighted by Gasteiger charge is 2.35. The molecule has 3 N–H and O–H groups in total. The second-order valence-electron chi connectivity index (χ2n) is 8.71. The van der Waals surface area contributed by atoms with Crippen LogP contribution in [0.1, 0.15) is 45.9 Å². The van der Waals surface area contributed by atoms with Gasteiger partial charge in [-0.3, -0.25) is 9.59 Å². The van der Waals surface area contributed by atoms with Crippen molar-refractivity contribution in [3.8, 4) is 0 Å². The molecule has 8 nitrogen and oxygen atoms in total. The average molecular weight is 408 g/mol. The SMILES string of the molecule is CC(C)CC(=O)N(C)C(C(N)=O)[C@H](O)C(C)Cc1nccn1CCN1CCCC1. The third kappa shape index (κ3) is 6.54. The predicted molar refractivity (Wildman–Crippen MR) is 112 cm³/mol. The van der Waals surface area contributed by atoms with E-state index in [0.717, 1.165) is 32.0 Å². The van der Waals surface area contributed by atoms with Crippen molar-refractivity contribution in [2.75, 3.05) is 26.7 Å². The Bertz CT molecular complexity index is 669. The number of hydrogen-bond acceptors (Lipinski definition) is 5. The number of primary amides is 1. The van der Waals surface area contributed by atoms with Crippen LogP contribution >= 0.6 is 0 Å². The zero-order chi connectivity index (χ0) is 21.6. The van der Waals surface area contributed by atoms with Crippen LogP contribution in [0.5, 0.6) is 0 Å². The minimum absolute atomic E-state index is 0.163. The van der Waals surface area contributed by atoms with Crippen molar-refractivity contribution in [2.24, 2.45) is 17.6 Å². The van der Waals surface area contributed by atoms with E-state index in [2.05, 4.69) is 14.5 Å². The third-order valence-electron chi connectivity index (χ3n) is 5.75. The molecule has 1 fully saturated rings. The lowest BCUT2D eigenvalue weighted by Gasteiger charge is -2.33. The maximum atomic E-state index is 12.4. The fourth-order valence-electron chi connectivity index (χ4n) is 3.95. The van der Waals surface area contributed by atoms with Crippen molar-refractivity contribution in [1.29, 1.82) is 0 Å². The first-order valence-electron chi connectivity index (χ1n) is 10.7. The van der Waals surface area contributed by atoms with E-state index in [1.807, 2.05) is 27.0 Å². The molecule has 0 bridgehead atoms. The highest BCUT2D eigenvalue weighted by molar-refractivity contribution is 5.87. The summed E-state index contributed by atoms with van der Waals surface area (Å²) >= 11 is 0. The Hall–Kier alpha value is -1.93. The van der Waals surface area contributed by atoms with Crippen molar-refractivity contribution < 1.29 is 14.7 Å². The Morgan fingerprint density at radius 3 is 2.48 bits per heavy atom. The minimum atomic E-state index is -1.06. The van der Waals surface area contributed by atoms with E-state index in [9.17, 15) is 14.7 Å². The molecular formula is C21H37N5O3. The topological polar surface area (TPSA) is 105 Å². The molecule has 2 heterocycles. The number of likely N-dealkylation sites (tertiary alicyclic amines) is 1. The molecule has 3 atom stereocenters. The second kappa shape index (κ2) is 10.7. The maximum Gasteiger partial charge on any atom is 0.242 e. The number of carbonyl (C=O) groups is 2. The zero-order valence-electron chi connectivity index (χ0n) is 18.3. The Balaban J connectivity index is 2.00. The summed E-state index contributed by atoms with van der Waals surface area (Å²) in [5.41, 5.74) is 5.55. The Morgan fingerprint density at radius 1 is 1.24 bits per heavy atom. The molecule has 1 aliphatic rings. The molecule has 0 saturated carbocycles. The van der Waals surface area contributed by atoms with Gasteiger partial charge >= 0.3 is 0 Å². The van der Waals surface area contributed by atoms with Crippen LogP contribution in [0, 0.1) is 11.8 Å². The van der Waals surface area contributed by atoms with Crippen LogP contribution in [0.3, 0.4) is 0 Å². The van der Waals surface area contributed by atoms with Crippen LogP contribution in [0.25, 0.3) is 0 Å². The zero-order valence-corrected chi connectivity index (χ0v) is 18.3. The maximum absolute atomic E-state index is 12.4. The first-order valence-corrected chi connectivity index (χ1v) is 10.7. The van der Waals surface area contributed by atoms with Crippen molar-refractivity contribution in [3.05, 3.63) is 18.2 Å².